The second kappa shape index (κ2) is 3.05. The van der Waals surface area contributed by atoms with Gasteiger partial charge in [-0.3, -0.25) is 4.79 Å². The predicted molar refractivity (Wildman–Crippen MR) is 56.4 cm³/mol. The number of rotatable bonds is 0. The average Bonchev–Trinajstić information content (AvgIpc) is 2.45. The third-order valence-electron chi connectivity index (χ3n) is 2.19. The normalized spacial score (nSPS) is 16.4. The van der Waals surface area contributed by atoms with Gasteiger partial charge >= 0.3 is 0 Å². The Morgan fingerprint density at radius 1 is 1.43 bits per heavy atom. The van der Waals surface area contributed by atoms with E-state index in [-0.39, 0.29) is 11.3 Å². The van der Waals surface area contributed by atoms with Gasteiger partial charge in [0.2, 0.25) is 5.91 Å². The molecular weight excluding hydrogens is 196 g/mol. The Balaban J connectivity index is 2.37. The summed E-state index contributed by atoms with van der Waals surface area (Å²) < 4.78 is 0. The van der Waals surface area contributed by atoms with Crippen molar-refractivity contribution in [3.8, 4) is 0 Å². The van der Waals surface area contributed by atoms with E-state index in [9.17, 15) is 4.79 Å². The van der Waals surface area contributed by atoms with Gasteiger partial charge in [0, 0.05) is 10.3 Å². The Bertz CT molecular complexity index is 376. The first-order valence-corrected chi connectivity index (χ1v) is 5.54. The molecule has 1 aliphatic rings. The van der Waals surface area contributed by atoms with Crippen LogP contribution >= 0.6 is 11.3 Å². The van der Waals surface area contributed by atoms with E-state index in [2.05, 4.69) is 31.1 Å². The number of nitrogens with zero attached hydrogens (tertiary/aromatic N) is 1. The van der Waals surface area contributed by atoms with Crippen LogP contribution in [0.25, 0.3) is 0 Å². The number of fused-ring (bicyclic) bond motifs is 1. The Morgan fingerprint density at radius 3 is 2.79 bits per heavy atom. The first-order chi connectivity index (χ1) is 6.47. The maximum atomic E-state index is 11.2. The first-order valence-electron chi connectivity index (χ1n) is 4.72. The van der Waals surface area contributed by atoms with E-state index in [4.69, 9.17) is 0 Å². The highest BCUT2D eigenvalue weighted by Crippen LogP contribution is 2.30. The van der Waals surface area contributed by atoms with Crippen LogP contribution in [0.5, 0.6) is 0 Å². The first kappa shape index (κ1) is 9.65. The lowest BCUT2D eigenvalue weighted by atomic mass is 9.98. The molecule has 0 atom stereocenters. The molecule has 0 aliphatic carbocycles. The van der Waals surface area contributed by atoms with E-state index in [0.29, 0.717) is 13.0 Å². The van der Waals surface area contributed by atoms with Crippen molar-refractivity contribution in [3.05, 3.63) is 15.6 Å². The minimum absolute atomic E-state index is 0.0883. The highest BCUT2D eigenvalue weighted by molar-refractivity contribution is 7.12. The van der Waals surface area contributed by atoms with Gasteiger partial charge in [-0.1, -0.05) is 20.8 Å². The van der Waals surface area contributed by atoms with Crippen LogP contribution in [0.3, 0.4) is 0 Å². The maximum Gasteiger partial charge on any atom is 0.225 e. The van der Waals surface area contributed by atoms with Crippen LogP contribution in [0.4, 0.5) is 0 Å². The summed E-state index contributed by atoms with van der Waals surface area (Å²) in [4.78, 5) is 16.9. The Morgan fingerprint density at radius 2 is 2.14 bits per heavy atom. The van der Waals surface area contributed by atoms with E-state index in [1.807, 2.05) is 0 Å². The number of carbonyl (C=O) groups is 1. The highest BCUT2D eigenvalue weighted by atomic mass is 32.1. The average molecular weight is 210 g/mol. The Hall–Kier alpha value is -0.900. The lowest BCUT2D eigenvalue weighted by molar-refractivity contribution is -0.121. The fourth-order valence-electron chi connectivity index (χ4n) is 1.37. The lowest BCUT2D eigenvalue weighted by Gasteiger charge is -2.13. The molecule has 4 heteroatoms. The van der Waals surface area contributed by atoms with Crippen LogP contribution in [0.15, 0.2) is 0 Å². The van der Waals surface area contributed by atoms with E-state index in [1.165, 1.54) is 0 Å². The number of aromatic nitrogens is 1. The molecule has 1 aromatic rings. The van der Waals surface area contributed by atoms with Gasteiger partial charge < -0.3 is 5.32 Å². The molecule has 1 aromatic heterocycles. The fourth-order valence-corrected chi connectivity index (χ4v) is 2.51. The zero-order chi connectivity index (χ0) is 10.3. The van der Waals surface area contributed by atoms with Gasteiger partial charge in [-0.25, -0.2) is 4.98 Å². The van der Waals surface area contributed by atoms with Gasteiger partial charge in [0.15, 0.2) is 0 Å². The van der Waals surface area contributed by atoms with Crippen LogP contribution in [0.2, 0.25) is 0 Å². The van der Waals surface area contributed by atoms with Crippen LogP contribution in [0.1, 0.15) is 36.3 Å². The molecule has 14 heavy (non-hydrogen) atoms. The molecule has 2 rings (SSSR count). The number of thiazole rings is 1. The van der Waals surface area contributed by atoms with Gasteiger partial charge in [0.25, 0.3) is 0 Å². The molecule has 3 nitrogen and oxygen atoms in total. The van der Waals surface area contributed by atoms with Crippen LogP contribution in [-0.2, 0) is 23.2 Å². The molecule has 0 unspecified atom stereocenters. The summed E-state index contributed by atoms with van der Waals surface area (Å²) in [5.41, 5.74) is 1.14. The van der Waals surface area contributed by atoms with Gasteiger partial charge in [-0.2, -0.15) is 0 Å². The van der Waals surface area contributed by atoms with Crippen molar-refractivity contribution in [3.63, 3.8) is 0 Å². The number of amides is 1. The van der Waals surface area contributed by atoms with Crippen LogP contribution in [-0.4, -0.2) is 10.9 Å². The molecule has 0 radical (unpaired) electrons. The fraction of sp³-hybridized carbons (Fsp3) is 0.600. The van der Waals surface area contributed by atoms with Crippen molar-refractivity contribution in [1.82, 2.24) is 10.3 Å². The SMILES string of the molecule is CC(C)(C)c1nc2c(s1)CC(=O)NC2. The van der Waals surface area contributed by atoms with Crippen molar-refractivity contribution < 1.29 is 4.79 Å². The van der Waals surface area contributed by atoms with E-state index < -0.39 is 0 Å². The summed E-state index contributed by atoms with van der Waals surface area (Å²) >= 11 is 1.67. The third-order valence-corrected chi connectivity index (χ3v) is 3.72. The highest BCUT2D eigenvalue weighted by Gasteiger charge is 2.24. The Labute approximate surface area is 87.6 Å². The predicted octanol–water partition coefficient (Wildman–Crippen LogP) is 1.61. The molecule has 2 heterocycles. The number of nitrogens with one attached hydrogen (secondary N) is 1. The summed E-state index contributed by atoms with van der Waals surface area (Å²) in [6.07, 6.45) is 0.503. The summed E-state index contributed by atoms with van der Waals surface area (Å²) in [7, 11) is 0. The summed E-state index contributed by atoms with van der Waals surface area (Å²) in [6.45, 7) is 7.03. The molecule has 0 fully saturated rings. The molecule has 0 aromatic carbocycles. The molecule has 1 aliphatic heterocycles. The second-order valence-electron chi connectivity index (χ2n) is 4.59. The number of carbonyl (C=O) groups excluding carboxylic acids is 1. The molecule has 1 N–H and O–H groups in total. The standard InChI is InChI=1S/C10H14N2OS/c1-10(2,3)9-12-6-5-11-8(13)4-7(6)14-9/h4-5H2,1-3H3,(H,11,13). The molecule has 76 valence electrons. The monoisotopic (exact) mass is 210 g/mol. The zero-order valence-electron chi connectivity index (χ0n) is 8.68. The second-order valence-corrected chi connectivity index (χ2v) is 5.68. The van der Waals surface area contributed by atoms with Crippen molar-refractivity contribution in [2.24, 2.45) is 0 Å². The molecule has 0 saturated heterocycles. The molecular formula is C10H14N2OS. The third kappa shape index (κ3) is 1.66. The van der Waals surface area contributed by atoms with Crippen molar-refractivity contribution in [2.75, 3.05) is 0 Å². The van der Waals surface area contributed by atoms with Gasteiger partial charge in [-0.05, 0) is 0 Å². The van der Waals surface area contributed by atoms with Crippen molar-refractivity contribution >= 4 is 17.2 Å². The molecule has 0 spiro atoms. The smallest absolute Gasteiger partial charge is 0.225 e. The van der Waals surface area contributed by atoms with Crippen LogP contribution in [0, 0.1) is 0 Å². The largest absolute Gasteiger partial charge is 0.350 e. The van der Waals surface area contributed by atoms with E-state index in [1.54, 1.807) is 11.3 Å². The van der Waals surface area contributed by atoms with Gasteiger partial charge in [0.1, 0.15) is 0 Å². The van der Waals surface area contributed by atoms with Crippen LogP contribution < -0.4 is 5.32 Å². The Kier molecular flexibility index (Phi) is 2.10. The van der Waals surface area contributed by atoms with Crippen molar-refractivity contribution in [2.45, 2.75) is 39.2 Å². The summed E-state index contributed by atoms with van der Waals surface area (Å²) in [5, 5.41) is 3.93. The zero-order valence-corrected chi connectivity index (χ0v) is 9.49. The number of hydrogen-bond acceptors (Lipinski definition) is 3. The quantitative estimate of drug-likeness (QED) is 0.707. The summed E-state index contributed by atoms with van der Waals surface area (Å²) in [5.74, 6) is 0.113. The molecule has 1 amide bonds. The lowest BCUT2D eigenvalue weighted by Crippen LogP contribution is -2.29. The van der Waals surface area contributed by atoms with Crippen molar-refractivity contribution in [1.29, 1.82) is 0 Å². The van der Waals surface area contributed by atoms with E-state index >= 15 is 0 Å². The van der Waals surface area contributed by atoms with Gasteiger partial charge in [0.05, 0.1) is 23.7 Å². The summed E-state index contributed by atoms with van der Waals surface area (Å²) in [6, 6.07) is 0. The molecule has 0 bridgehead atoms. The minimum Gasteiger partial charge on any atom is -0.350 e. The molecule has 0 saturated carbocycles. The van der Waals surface area contributed by atoms with Gasteiger partial charge in [-0.15, -0.1) is 11.3 Å². The van der Waals surface area contributed by atoms with E-state index in [0.717, 1.165) is 15.6 Å². The minimum atomic E-state index is 0.0883. The maximum absolute atomic E-state index is 11.2. The number of hydrogen-bond donors (Lipinski definition) is 1. The topological polar surface area (TPSA) is 42.0 Å².